The molecule has 2 unspecified atom stereocenters. The summed E-state index contributed by atoms with van der Waals surface area (Å²) in [5, 5.41) is 12.4. The molecule has 98 valence electrons. The van der Waals surface area contributed by atoms with Gasteiger partial charge in [0.05, 0.1) is 11.7 Å². The van der Waals surface area contributed by atoms with Crippen LogP contribution in [0, 0.1) is 0 Å². The van der Waals surface area contributed by atoms with Crippen molar-refractivity contribution in [1.82, 2.24) is 5.32 Å². The minimum Gasteiger partial charge on any atom is -0.478 e. The molecule has 18 heavy (non-hydrogen) atoms. The molecule has 0 bridgehead atoms. The van der Waals surface area contributed by atoms with Gasteiger partial charge in [-0.05, 0) is 37.5 Å². The highest BCUT2D eigenvalue weighted by Crippen LogP contribution is 2.14. The lowest BCUT2D eigenvalue weighted by Crippen LogP contribution is -2.37. The van der Waals surface area contributed by atoms with Crippen molar-refractivity contribution < 1.29 is 14.6 Å². The van der Waals surface area contributed by atoms with Crippen LogP contribution in [0.2, 0.25) is 0 Å². The molecule has 1 heterocycles. The van der Waals surface area contributed by atoms with Gasteiger partial charge in [0.15, 0.2) is 0 Å². The third-order valence-electron chi connectivity index (χ3n) is 3.25. The predicted octanol–water partition coefficient (Wildman–Crippen LogP) is 2.04. The normalized spacial score (nSPS) is 23.8. The summed E-state index contributed by atoms with van der Waals surface area (Å²) in [6, 6.07) is 7.53. The Morgan fingerprint density at radius 1 is 1.56 bits per heavy atom. The maximum absolute atomic E-state index is 10.9. The number of ether oxygens (including phenoxy) is 1. The largest absolute Gasteiger partial charge is 0.478 e. The molecule has 0 radical (unpaired) electrons. The van der Waals surface area contributed by atoms with Crippen LogP contribution < -0.4 is 5.32 Å². The molecule has 1 fully saturated rings. The third-order valence-corrected chi connectivity index (χ3v) is 3.25. The van der Waals surface area contributed by atoms with E-state index in [0.29, 0.717) is 24.3 Å². The molecule has 2 N–H and O–H groups in total. The zero-order valence-corrected chi connectivity index (χ0v) is 10.6. The van der Waals surface area contributed by atoms with Gasteiger partial charge in [-0.3, -0.25) is 0 Å². The van der Waals surface area contributed by atoms with Crippen LogP contribution in [-0.4, -0.2) is 29.8 Å². The fourth-order valence-electron chi connectivity index (χ4n) is 2.26. The second-order valence-corrected chi connectivity index (χ2v) is 4.79. The minimum atomic E-state index is -0.878. The topological polar surface area (TPSA) is 58.6 Å². The number of carboxylic acid groups (broad SMARTS) is 1. The van der Waals surface area contributed by atoms with Crippen molar-refractivity contribution >= 4 is 5.97 Å². The molecule has 4 heteroatoms. The van der Waals surface area contributed by atoms with Crippen molar-refractivity contribution in [2.45, 2.75) is 38.5 Å². The molecule has 1 aromatic rings. The first-order chi connectivity index (χ1) is 8.65. The van der Waals surface area contributed by atoms with Gasteiger partial charge in [-0.15, -0.1) is 0 Å². The van der Waals surface area contributed by atoms with Gasteiger partial charge in [0.25, 0.3) is 0 Å². The van der Waals surface area contributed by atoms with Gasteiger partial charge in [0, 0.05) is 19.2 Å². The highest BCUT2D eigenvalue weighted by atomic mass is 16.5. The van der Waals surface area contributed by atoms with E-state index in [9.17, 15) is 4.79 Å². The second-order valence-electron chi connectivity index (χ2n) is 4.79. The average Bonchev–Trinajstić information content (AvgIpc) is 2.37. The van der Waals surface area contributed by atoms with Crippen molar-refractivity contribution in [3.05, 3.63) is 35.4 Å². The third kappa shape index (κ3) is 3.55. The highest BCUT2D eigenvalue weighted by Gasteiger charge is 2.18. The summed E-state index contributed by atoms with van der Waals surface area (Å²) >= 11 is 0. The maximum Gasteiger partial charge on any atom is 0.335 e. The molecule has 4 nitrogen and oxygen atoms in total. The molecule has 0 aromatic heterocycles. The van der Waals surface area contributed by atoms with E-state index in [1.807, 2.05) is 6.07 Å². The SMILES string of the molecule is CC1CC(NCc2cccc(C(=O)O)c2)CCO1. The van der Waals surface area contributed by atoms with Crippen molar-refractivity contribution in [2.24, 2.45) is 0 Å². The van der Waals surface area contributed by atoms with Crippen LogP contribution in [-0.2, 0) is 11.3 Å². The molecular weight excluding hydrogens is 230 g/mol. The molecule has 0 saturated carbocycles. The van der Waals surface area contributed by atoms with E-state index >= 15 is 0 Å². The lowest BCUT2D eigenvalue weighted by molar-refractivity contribution is 0.0130. The molecule has 1 aliphatic rings. The first-order valence-electron chi connectivity index (χ1n) is 6.32. The van der Waals surface area contributed by atoms with Crippen molar-refractivity contribution in [3.63, 3.8) is 0 Å². The Morgan fingerprint density at radius 3 is 3.11 bits per heavy atom. The van der Waals surface area contributed by atoms with E-state index in [0.717, 1.165) is 25.0 Å². The van der Waals surface area contributed by atoms with Gasteiger partial charge in [0.2, 0.25) is 0 Å². The molecule has 1 aliphatic heterocycles. The van der Waals surface area contributed by atoms with Crippen molar-refractivity contribution in [3.8, 4) is 0 Å². The van der Waals surface area contributed by atoms with Crippen LogP contribution in [0.15, 0.2) is 24.3 Å². The Bertz CT molecular complexity index is 419. The van der Waals surface area contributed by atoms with Crippen LogP contribution >= 0.6 is 0 Å². The number of carbonyl (C=O) groups is 1. The summed E-state index contributed by atoms with van der Waals surface area (Å²) in [5.41, 5.74) is 1.35. The number of benzene rings is 1. The van der Waals surface area contributed by atoms with Crippen LogP contribution in [0.3, 0.4) is 0 Å². The van der Waals surface area contributed by atoms with E-state index in [1.165, 1.54) is 0 Å². The van der Waals surface area contributed by atoms with Gasteiger partial charge in [0.1, 0.15) is 0 Å². The summed E-state index contributed by atoms with van der Waals surface area (Å²) in [6.45, 7) is 3.59. The van der Waals surface area contributed by atoms with Gasteiger partial charge < -0.3 is 15.2 Å². The lowest BCUT2D eigenvalue weighted by atomic mass is 10.0. The predicted molar refractivity (Wildman–Crippen MR) is 68.7 cm³/mol. The summed E-state index contributed by atoms with van der Waals surface area (Å²) in [7, 11) is 0. The lowest BCUT2D eigenvalue weighted by Gasteiger charge is -2.28. The van der Waals surface area contributed by atoms with E-state index < -0.39 is 5.97 Å². The van der Waals surface area contributed by atoms with Gasteiger partial charge in [-0.1, -0.05) is 12.1 Å². The van der Waals surface area contributed by atoms with E-state index in [-0.39, 0.29) is 0 Å². The summed E-state index contributed by atoms with van der Waals surface area (Å²) in [5.74, 6) is -0.878. The van der Waals surface area contributed by atoms with Crippen LogP contribution in [0.4, 0.5) is 0 Å². The van der Waals surface area contributed by atoms with Gasteiger partial charge in [-0.25, -0.2) is 4.79 Å². The molecule has 2 atom stereocenters. The van der Waals surface area contributed by atoms with Crippen LogP contribution in [0.5, 0.6) is 0 Å². The van der Waals surface area contributed by atoms with Crippen molar-refractivity contribution in [2.75, 3.05) is 6.61 Å². The fraction of sp³-hybridized carbons (Fsp3) is 0.500. The summed E-state index contributed by atoms with van der Waals surface area (Å²) < 4.78 is 5.49. The minimum absolute atomic E-state index is 0.307. The number of rotatable bonds is 4. The molecule has 0 amide bonds. The molecule has 1 saturated heterocycles. The quantitative estimate of drug-likeness (QED) is 0.857. The number of hydrogen-bond acceptors (Lipinski definition) is 3. The molecule has 0 spiro atoms. The number of aromatic carboxylic acids is 1. The fourth-order valence-corrected chi connectivity index (χ4v) is 2.26. The molecule has 2 rings (SSSR count). The first kappa shape index (κ1) is 13.1. The highest BCUT2D eigenvalue weighted by molar-refractivity contribution is 5.87. The van der Waals surface area contributed by atoms with E-state index in [1.54, 1.807) is 18.2 Å². The Kier molecular flexibility index (Phi) is 4.33. The number of nitrogens with one attached hydrogen (secondary N) is 1. The average molecular weight is 249 g/mol. The monoisotopic (exact) mass is 249 g/mol. The Balaban J connectivity index is 1.89. The smallest absolute Gasteiger partial charge is 0.335 e. The van der Waals surface area contributed by atoms with Crippen LogP contribution in [0.1, 0.15) is 35.7 Å². The Morgan fingerprint density at radius 2 is 2.39 bits per heavy atom. The number of carboxylic acids is 1. The zero-order valence-electron chi connectivity index (χ0n) is 10.6. The van der Waals surface area contributed by atoms with Crippen molar-refractivity contribution in [1.29, 1.82) is 0 Å². The number of hydrogen-bond donors (Lipinski definition) is 2. The Hall–Kier alpha value is -1.39. The maximum atomic E-state index is 10.9. The van der Waals surface area contributed by atoms with Gasteiger partial charge in [-0.2, -0.15) is 0 Å². The summed E-state index contributed by atoms with van der Waals surface area (Å²) in [4.78, 5) is 10.9. The first-order valence-corrected chi connectivity index (χ1v) is 6.32. The molecule has 0 aliphatic carbocycles. The zero-order chi connectivity index (χ0) is 13.0. The standard InChI is InChI=1S/C14H19NO3/c1-10-7-13(5-6-18-10)15-9-11-3-2-4-12(8-11)14(16)17/h2-4,8,10,13,15H,5-7,9H2,1H3,(H,16,17). The van der Waals surface area contributed by atoms with E-state index in [2.05, 4.69) is 12.2 Å². The second kappa shape index (κ2) is 5.98. The van der Waals surface area contributed by atoms with E-state index in [4.69, 9.17) is 9.84 Å². The summed E-state index contributed by atoms with van der Waals surface area (Å²) in [6.07, 6.45) is 2.34. The Labute approximate surface area is 107 Å². The van der Waals surface area contributed by atoms with Gasteiger partial charge >= 0.3 is 5.97 Å². The molecular formula is C14H19NO3. The van der Waals surface area contributed by atoms with Crippen LogP contribution in [0.25, 0.3) is 0 Å². The molecule has 1 aromatic carbocycles.